The number of phenolic OH excluding ortho intramolecular Hbond substituents is 1. The molecule has 146 valence electrons. The van der Waals surface area contributed by atoms with Gasteiger partial charge >= 0.3 is 0 Å². The molecule has 0 aliphatic carbocycles. The van der Waals surface area contributed by atoms with Crippen LogP contribution in [0.2, 0.25) is 0 Å². The number of ether oxygens (including phenoxy) is 2. The fourth-order valence-corrected chi connectivity index (χ4v) is 3.05. The number of benzene rings is 1. The SMILES string of the molecule is CCNC(=NCc1cc(OC)ccc1O)N1CCOC(c2cnn(C)c2)C1. The van der Waals surface area contributed by atoms with Crippen LogP contribution < -0.4 is 10.1 Å². The van der Waals surface area contributed by atoms with Crippen molar-refractivity contribution in [2.24, 2.45) is 12.0 Å². The number of hydrogen-bond acceptors (Lipinski definition) is 5. The molecule has 0 amide bonds. The molecule has 2 heterocycles. The van der Waals surface area contributed by atoms with Crippen LogP contribution in [0, 0.1) is 0 Å². The Hall–Kier alpha value is -2.74. The predicted octanol–water partition coefficient (Wildman–Crippen LogP) is 1.67. The van der Waals surface area contributed by atoms with Gasteiger partial charge in [0.25, 0.3) is 0 Å². The van der Waals surface area contributed by atoms with E-state index < -0.39 is 0 Å². The summed E-state index contributed by atoms with van der Waals surface area (Å²) < 4.78 is 12.9. The maximum atomic E-state index is 10.1. The van der Waals surface area contributed by atoms with Crippen molar-refractivity contribution in [3.63, 3.8) is 0 Å². The minimum Gasteiger partial charge on any atom is -0.508 e. The molecule has 2 aromatic rings. The summed E-state index contributed by atoms with van der Waals surface area (Å²) >= 11 is 0. The first-order chi connectivity index (χ1) is 13.1. The van der Waals surface area contributed by atoms with E-state index in [2.05, 4.69) is 15.3 Å². The van der Waals surface area contributed by atoms with E-state index in [-0.39, 0.29) is 11.9 Å². The average molecular weight is 373 g/mol. The van der Waals surface area contributed by atoms with Crippen molar-refractivity contribution in [3.05, 3.63) is 41.7 Å². The van der Waals surface area contributed by atoms with Gasteiger partial charge in [-0.25, -0.2) is 4.99 Å². The number of aromatic hydroxyl groups is 1. The van der Waals surface area contributed by atoms with Crippen LogP contribution in [0.15, 0.2) is 35.6 Å². The molecule has 0 saturated carbocycles. The number of nitrogens with one attached hydrogen (secondary N) is 1. The monoisotopic (exact) mass is 373 g/mol. The van der Waals surface area contributed by atoms with Crippen molar-refractivity contribution in [2.45, 2.75) is 19.6 Å². The molecule has 8 nitrogen and oxygen atoms in total. The third-order valence-corrected chi connectivity index (χ3v) is 4.48. The van der Waals surface area contributed by atoms with Crippen LogP contribution in [-0.4, -0.2) is 59.1 Å². The zero-order chi connectivity index (χ0) is 19.2. The Morgan fingerprint density at radius 2 is 2.33 bits per heavy atom. The number of hydrogen-bond donors (Lipinski definition) is 2. The van der Waals surface area contributed by atoms with Crippen LogP contribution in [0.5, 0.6) is 11.5 Å². The zero-order valence-electron chi connectivity index (χ0n) is 16.1. The molecule has 8 heteroatoms. The number of rotatable bonds is 5. The molecule has 1 saturated heterocycles. The van der Waals surface area contributed by atoms with Crippen LogP contribution in [-0.2, 0) is 18.3 Å². The van der Waals surface area contributed by atoms with Crippen molar-refractivity contribution in [3.8, 4) is 11.5 Å². The number of guanidine groups is 1. The van der Waals surface area contributed by atoms with Crippen molar-refractivity contribution in [1.82, 2.24) is 20.0 Å². The molecule has 1 aliphatic rings. The van der Waals surface area contributed by atoms with E-state index >= 15 is 0 Å². The number of aryl methyl sites for hydroxylation is 1. The third-order valence-electron chi connectivity index (χ3n) is 4.48. The fraction of sp³-hybridized carbons (Fsp3) is 0.474. The van der Waals surface area contributed by atoms with Gasteiger partial charge < -0.3 is 24.8 Å². The van der Waals surface area contributed by atoms with Crippen LogP contribution in [0.1, 0.15) is 24.2 Å². The summed E-state index contributed by atoms with van der Waals surface area (Å²) in [5, 5.41) is 17.7. The number of aromatic nitrogens is 2. The van der Waals surface area contributed by atoms with Crippen molar-refractivity contribution in [1.29, 1.82) is 0 Å². The summed E-state index contributed by atoms with van der Waals surface area (Å²) in [6, 6.07) is 5.16. The van der Waals surface area contributed by atoms with Crippen molar-refractivity contribution < 1.29 is 14.6 Å². The Bertz CT molecular complexity index is 789. The van der Waals surface area contributed by atoms with E-state index in [9.17, 15) is 5.11 Å². The summed E-state index contributed by atoms with van der Waals surface area (Å²) in [6.07, 6.45) is 3.78. The van der Waals surface area contributed by atoms with Gasteiger partial charge in [0, 0.05) is 37.5 Å². The highest BCUT2D eigenvalue weighted by atomic mass is 16.5. The maximum Gasteiger partial charge on any atom is 0.194 e. The highest BCUT2D eigenvalue weighted by molar-refractivity contribution is 5.80. The largest absolute Gasteiger partial charge is 0.508 e. The second kappa shape index (κ2) is 8.77. The number of nitrogens with zero attached hydrogens (tertiary/aromatic N) is 4. The van der Waals surface area contributed by atoms with Crippen LogP contribution in [0.25, 0.3) is 0 Å². The maximum absolute atomic E-state index is 10.1. The second-order valence-corrected chi connectivity index (χ2v) is 6.42. The Labute approximate surface area is 159 Å². The fourth-order valence-electron chi connectivity index (χ4n) is 3.05. The van der Waals surface area contributed by atoms with Gasteiger partial charge in [-0.1, -0.05) is 0 Å². The van der Waals surface area contributed by atoms with E-state index in [4.69, 9.17) is 14.5 Å². The minimum atomic E-state index is -0.0403. The summed E-state index contributed by atoms with van der Waals surface area (Å²) in [4.78, 5) is 6.90. The van der Waals surface area contributed by atoms with Crippen LogP contribution in [0.3, 0.4) is 0 Å². The first-order valence-corrected chi connectivity index (χ1v) is 9.10. The van der Waals surface area contributed by atoms with Gasteiger partial charge in [0.15, 0.2) is 5.96 Å². The number of methoxy groups -OCH3 is 1. The van der Waals surface area contributed by atoms with Gasteiger partial charge in [-0.2, -0.15) is 5.10 Å². The van der Waals surface area contributed by atoms with Crippen LogP contribution in [0.4, 0.5) is 0 Å². The number of aliphatic imine (C=N–C) groups is 1. The summed E-state index contributed by atoms with van der Waals surface area (Å²) in [5.41, 5.74) is 1.78. The van der Waals surface area contributed by atoms with E-state index in [1.54, 1.807) is 30.0 Å². The Morgan fingerprint density at radius 3 is 3.04 bits per heavy atom. The standard InChI is InChI=1S/C19H27N5O3/c1-4-20-19(21-10-14-9-16(26-3)5-6-17(14)25)24-7-8-27-18(13-24)15-11-22-23(2)12-15/h5-6,9,11-12,18,25H,4,7-8,10,13H2,1-3H3,(H,20,21). The van der Waals surface area contributed by atoms with Crippen LogP contribution >= 0.6 is 0 Å². The Morgan fingerprint density at radius 1 is 1.48 bits per heavy atom. The van der Waals surface area contributed by atoms with Gasteiger partial charge in [-0.3, -0.25) is 4.68 Å². The van der Waals surface area contributed by atoms with E-state index in [1.165, 1.54) is 0 Å². The minimum absolute atomic E-state index is 0.0403. The molecular weight excluding hydrogens is 346 g/mol. The number of morpholine rings is 1. The lowest BCUT2D eigenvalue weighted by Crippen LogP contribution is -2.48. The normalized spacial score (nSPS) is 17.8. The molecule has 2 N–H and O–H groups in total. The number of phenols is 1. The molecule has 1 aromatic heterocycles. The zero-order valence-corrected chi connectivity index (χ0v) is 16.1. The van der Waals surface area contributed by atoms with Gasteiger partial charge in [0.2, 0.25) is 0 Å². The Balaban J connectivity index is 1.75. The van der Waals surface area contributed by atoms with Gasteiger partial charge in [-0.15, -0.1) is 0 Å². The molecule has 1 atom stereocenters. The first kappa shape index (κ1) is 19.0. The lowest BCUT2D eigenvalue weighted by Gasteiger charge is -2.34. The van der Waals surface area contributed by atoms with Gasteiger partial charge in [0.05, 0.1) is 33.0 Å². The Kier molecular flexibility index (Phi) is 6.18. The van der Waals surface area contributed by atoms with Gasteiger partial charge in [0.1, 0.15) is 17.6 Å². The van der Waals surface area contributed by atoms with E-state index in [1.807, 2.05) is 26.4 Å². The topological polar surface area (TPSA) is 84.1 Å². The highest BCUT2D eigenvalue weighted by Gasteiger charge is 2.25. The highest BCUT2D eigenvalue weighted by Crippen LogP contribution is 2.24. The summed E-state index contributed by atoms with van der Waals surface area (Å²) in [5.74, 6) is 1.72. The van der Waals surface area contributed by atoms with Crippen molar-refractivity contribution >= 4 is 5.96 Å². The molecule has 0 spiro atoms. The predicted molar refractivity (Wildman–Crippen MR) is 103 cm³/mol. The van der Waals surface area contributed by atoms with Crippen molar-refractivity contribution in [2.75, 3.05) is 33.4 Å². The smallest absolute Gasteiger partial charge is 0.194 e. The first-order valence-electron chi connectivity index (χ1n) is 9.10. The van der Waals surface area contributed by atoms with E-state index in [0.29, 0.717) is 25.4 Å². The summed E-state index contributed by atoms with van der Waals surface area (Å²) in [7, 11) is 3.51. The summed E-state index contributed by atoms with van der Waals surface area (Å²) in [6.45, 7) is 5.23. The molecule has 1 aliphatic heterocycles. The van der Waals surface area contributed by atoms with E-state index in [0.717, 1.165) is 30.2 Å². The molecule has 27 heavy (non-hydrogen) atoms. The molecule has 0 radical (unpaired) electrons. The average Bonchev–Trinajstić information content (AvgIpc) is 3.13. The molecule has 1 aromatic carbocycles. The molecule has 0 bridgehead atoms. The molecular formula is C19H27N5O3. The van der Waals surface area contributed by atoms with Gasteiger partial charge in [-0.05, 0) is 25.1 Å². The lowest BCUT2D eigenvalue weighted by atomic mass is 10.1. The quantitative estimate of drug-likeness (QED) is 0.613. The molecule has 1 fully saturated rings. The molecule has 1 unspecified atom stereocenters. The second-order valence-electron chi connectivity index (χ2n) is 6.42. The lowest BCUT2D eigenvalue weighted by molar-refractivity contribution is -0.00805. The third kappa shape index (κ3) is 4.71. The molecule has 3 rings (SSSR count).